The van der Waals surface area contributed by atoms with Crippen molar-refractivity contribution in [1.82, 2.24) is 15.3 Å². The zero-order valence-corrected chi connectivity index (χ0v) is 13.7. The molecule has 1 heterocycles. The first kappa shape index (κ1) is 15.9. The molecule has 0 radical (unpaired) electrons. The summed E-state index contributed by atoms with van der Waals surface area (Å²) in [6, 6.07) is 4.49. The maximum atomic E-state index is 13.2. The Balaban J connectivity index is 2.31. The Morgan fingerprint density at radius 3 is 2.76 bits per heavy atom. The van der Waals surface area contributed by atoms with Crippen molar-refractivity contribution in [3.05, 3.63) is 46.2 Å². The molecule has 0 aliphatic heterocycles. The monoisotopic (exact) mass is 353 g/mol. The second-order valence-electron chi connectivity index (χ2n) is 4.90. The van der Waals surface area contributed by atoms with Gasteiger partial charge in [0.1, 0.15) is 23.1 Å². The average molecular weight is 354 g/mol. The Labute approximate surface area is 131 Å². The molecule has 1 aromatic carbocycles. The van der Waals surface area contributed by atoms with Gasteiger partial charge in [-0.15, -0.1) is 0 Å². The maximum Gasteiger partial charge on any atom is 0.168 e. The number of halogens is 2. The van der Waals surface area contributed by atoms with Gasteiger partial charge in [-0.05, 0) is 41.2 Å². The normalized spacial score (nSPS) is 11.0. The molecule has 0 unspecified atom stereocenters. The topological polar surface area (TPSA) is 47.0 Å². The van der Waals surface area contributed by atoms with Crippen LogP contribution in [0.5, 0.6) is 11.5 Å². The van der Waals surface area contributed by atoms with Crippen LogP contribution in [0.3, 0.4) is 0 Å². The van der Waals surface area contributed by atoms with E-state index in [4.69, 9.17) is 4.74 Å². The molecule has 112 valence electrons. The van der Waals surface area contributed by atoms with Crippen LogP contribution in [0.1, 0.15) is 31.3 Å². The quantitative estimate of drug-likeness (QED) is 0.881. The highest BCUT2D eigenvalue weighted by Crippen LogP contribution is 2.28. The summed E-state index contributed by atoms with van der Waals surface area (Å²) in [6.45, 7) is 4.64. The lowest BCUT2D eigenvalue weighted by molar-refractivity contribution is 0.462. The van der Waals surface area contributed by atoms with Crippen molar-refractivity contribution < 1.29 is 9.13 Å². The fraction of sp³-hybridized carbons (Fsp3) is 0.333. The number of ether oxygens (including phenoxy) is 1. The van der Waals surface area contributed by atoms with E-state index in [-0.39, 0.29) is 11.7 Å². The van der Waals surface area contributed by atoms with Crippen molar-refractivity contribution in [2.75, 3.05) is 7.05 Å². The molecule has 0 fully saturated rings. The number of aromatic nitrogens is 2. The Kier molecular flexibility index (Phi) is 5.25. The third-order valence-corrected chi connectivity index (χ3v) is 3.44. The molecule has 1 aromatic heterocycles. The molecule has 0 aliphatic rings. The van der Waals surface area contributed by atoms with Gasteiger partial charge in [-0.2, -0.15) is 0 Å². The Morgan fingerprint density at radius 1 is 1.38 bits per heavy atom. The van der Waals surface area contributed by atoms with Crippen molar-refractivity contribution >= 4 is 15.9 Å². The zero-order chi connectivity index (χ0) is 15.4. The van der Waals surface area contributed by atoms with Gasteiger partial charge < -0.3 is 10.1 Å². The minimum Gasteiger partial charge on any atom is -0.454 e. The Hall–Kier alpha value is -1.53. The van der Waals surface area contributed by atoms with Crippen LogP contribution < -0.4 is 10.1 Å². The van der Waals surface area contributed by atoms with Gasteiger partial charge >= 0.3 is 0 Å². The summed E-state index contributed by atoms with van der Waals surface area (Å²) in [5.41, 5.74) is 0.775. The van der Waals surface area contributed by atoms with Crippen molar-refractivity contribution in [2.24, 2.45) is 0 Å². The highest BCUT2D eigenvalue weighted by molar-refractivity contribution is 9.10. The highest BCUT2D eigenvalue weighted by Gasteiger charge is 2.12. The van der Waals surface area contributed by atoms with E-state index in [2.05, 4.69) is 31.2 Å². The van der Waals surface area contributed by atoms with Crippen LogP contribution in [0, 0.1) is 5.82 Å². The number of benzene rings is 1. The summed E-state index contributed by atoms with van der Waals surface area (Å²) < 4.78 is 19.4. The molecule has 0 bridgehead atoms. The van der Waals surface area contributed by atoms with Crippen LogP contribution in [0.25, 0.3) is 0 Å². The van der Waals surface area contributed by atoms with E-state index in [9.17, 15) is 4.39 Å². The van der Waals surface area contributed by atoms with Gasteiger partial charge in [0, 0.05) is 12.5 Å². The van der Waals surface area contributed by atoms with E-state index in [1.54, 1.807) is 18.3 Å². The standard InChI is InChI=1S/C15H17BrFN3O/c1-9(2)15-19-8-14(13(20-15)7-18-3)21-10-4-5-12(17)11(16)6-10/h4-6,8-9,18H,7H2,1-3H3. The van der Waals surface area contributed by atoms with Crippen molar-refractivity contribution in [3.8, 4) is 11.5 Å². The van der Waals surface area contributed by atoms with Crippen molar-refractivity contribution in [2.45, 2.75) is 26.3 Å². The van der Waals surface area contributed by atoms with Crippen LogP contribution in [-0.4, -0.2) is 17.0 Å². The molecule has 0 saturated carbocycles. The average Bonchev–Trinajstić information content (AvgIpc) is 2.45. The third kappa shape index (κ3) is 3.98. The summed E-state index contributed by atoms with van der Waals surface area (Å²) in [5.74, 6) is 1.78. The van der Waals surface area contributed by atoms with E-state index >= 15 is 0 Å². The smallest absolute Gasteiger partial charge is 0.168 e. The van der Waals surface area contributed by atoms with E-state index < -0.39 is 0 Å². The summed E-state index contributed by atoms with van der Waals surface area (Å²) in [4.78, 5) is 8.82. The molecule has 6 heteroatoms. The molecule has 0 saturated heterocycles. The van der Waals surface area contributed by atoms with Gasteiger partial charge in [0.05, 0.1) is 10.7 Å². The molecule has 0 amide bonds. The third-order valence-electron chi connectivity index (χ3n) is 2.83. The number of rotatable bonds is 5. The number of nitrogens with one attached hydrogen (secondary N) is 1. The number of hydrogen-bond donors (Lipinski definition) is 1. The zero-order valence-electron chi connectivity index (χ0n) is 12.2. The second kappa shape index (κ2) is 6.95. The highest BCUT2D eigenvalue weighted by atomic mass is 79.9. The maximum absolute atomic E-state index is 13.2. The predicted octanol–water partition coefficient (Wildman–Crippen LogP) is 4.01. The summed E-state index contributed by atoms with van der Waals surface area (Å²) in [5, 5.41) is 3.06. The van der Waals surface area contributed by atoms with Crippen LogP contribution in [-0.2, 0) is 6.54 Å². The van der Waals surface area contributed by atoms with Crippen LogP contribution in [0.4, 0.5) is 4.39 Å². The van der Waals surface area contributed by atoms with Gasteiger partial charge in [0.25, 0.3) is 0 Å². The van der Waals surface area contributed by atoms with E-state index in [0.717, 1.165) is 11.5 Å². The summed E-state index contributed by atoms with van der Waals surface area (Å²) >= 11 is 3.14. The molecule has 2 aromatic rings. The van der Waals surface area contributed by atoms with Crippen LogP contribution in [0.2, 0.25) is 0 Å². The molecule has 21 heavy (non-hydrogen) atoms. The fourth-order valence-electron chi connectivity index (χ4n) is 1.75. The minimum atomic E-state index is -0.329. The lowest BCUT2D eigenvalue weighted by Crippen LogP contribution is -2.11. The number of nitrogens with zero attached hydrogens (tertiary/aromatic N) is 2. The Bertz CT molecular complexity index is 634. The molecule has 4 nitrogen and oxygen atoms in total. The predicted molar refractivity (Wildman–Crippen MR) is 83.1 cm³/mol. The summed E-state index contributed by atoms with van der Waals surface area (Å²) in [7, 11) is 1.84. The van der Waals surface area contributed by atoms with Crippen LogP contribution in [0.15, 0.2) is 28.9 Å². The van der Waals surface area contributed by atoms with Gasteiger partial charge in [-0.1, -0.05) is 13.8 Å². The van der Waals surface area contributed by atoms with Crippen molar-refractivity contribution in [3.63, 3.8) is 0 Å². The molecule has 0 aliphatic carbocycles. The molecule has 2 rings (SSSR count). The molecule has 0 atom stereocenters. The first-order valence-corrected chi connectivity index (χ1v) is 7.44. The van der Waals surface area contributed by atoms with Crippen LogP contribution >= 0.6 is 15.9 Å². The molecular weight excluding hydrogens is 337 g/mol. The first-order chi connectivity index (χ1) is 10.0. The lowest BCUT2D eigenvalue weighted by atomic mass is 10.2. The lowest BCUT2D eigenvalue weighted by Gasteiger charge is -2.12. The molecular formula is C15H17BrFN3O. The minimum absolute atomic E-state index is 0.245. The van der Waals surface area contributed by atoms with Gasteiger partial charge in [-0.25, -0.2) is 14.4 Å². The van der Waals surface area contributed by atoms with E-state index in [0.29, 0.717) is 22.5 Å². The van der Waals surface area contributed by atoms with Crippen molar-refractivity contribution in [1.29, 1.82) is 0 Å². The Morgan fingerprint density at radius 2 is 2.14 bits per heavy atom. The van der Waals surface area contributed by atoms with Gasteiger partial charge in [0.15, 0.2) is 5.75 Å². The largest absolute Gasteiger partial charge is 0.454 e. The second-order valence-corrected chi connectivity index (χ2v) is 5.76. The summed E-state index contributed by atoms with van der Waals surface area (Å²) in [6.07, 6.45) is 1.66. The van der Waals surface area contributed by atoms with Gasteiger partial charge in [0.2, 0.25) is 0 Å². The first-order valence-electron chi connectivity index (χ1n) is 6.64. The fourth-order valence-corrected chi connectivity index (χ4v) is 2.10. The SMILES string of the molecule is CNCc1nc(C(C)C)ncc1Oc1ccc(F)c(Br)c1. The van der Waals surface area contributed by atoms with E-state index in [1.807, 2.05) is 20.9 Å². The number of hydrogen-bond acceptors (Lipinski definition) is 4. The van der Waals surface area contributed by atoms with Gasteiger partial charge in [-0.3, -0.25) is 0 Å². The molecule has 0 spiro atoms. The molecule has 1 N–H and O–H groups in total. The van der Waals surface area contributed by atoms with E-state index in [1.165, 1.54) is 6.07 Å².